The van der Waals surface area contributed by atoms with E-state index in [1.165, 1.54) is 26.2 Å². The molecule has 45 heavy (non-hydrogen) atoms. The fourth-order valence-corrected chi connectivity index (χ4v) is 5.91. The van der Waals surface area contributed by atoms with Crippen molar-refractivity contribution in [2.45, 2.75) is 18.2 Å². The van der Waals surface area contributed by atoms with Crippen LogP contribution in [0.15, 0.2) is 107 Å². The molecule has 2 amide bonds. The van der Waals surface area contributed by atoms with E-state index >= 15 is 0 Å². The number of ether oxygens (including phenoxy) is 1. The molecule has 0 saturated heterocycles. The summed E-state index contributed by atoms with van der Waals surface area (Å²) in [6, 6.07) is 25.1. The molecule has 0 aliphatic carbocycles. The van der Waals surface area contributed by atoms with Gasteiger partial charge in [0.2, 0.25) is 10.0 Å². The molecule has 4 aromatic rings. The SMILES string of the molecule is COc1ccc(CCN2C(=O)C(C#N)=C(C)/C(=C\c3cn(-c4ccccc4)nc3-c3cccc(S(=O)(=O)N(C)C)c3)C2=O)cc1. The highest BCUT2D eigenvalue weighted by Crippen LogP contribution is 2.32. The first kappa shape index (κ1) is 31.1. The van der Waals surface area contributed by atoms with Gasteiger partial charge in [-0.05, 0) is 67.0 Å². The Morgan fingerprint density at radius 3 is 2.33 bits per heavy atom. The van der Waals surface area contributed by atoms with E-state index in [0.29, 0.717) is 29.0 Å². The third-order valence-corrected chi connectivity index (χ3v) is 9.37. The van der Waals surface area contributed by atoms with Gasteiger partial charge in [0.15, 0.2) is 0 Å². The zero-order chi connectivity index (χ0) is 32.3. The maximum atomic E-state index is 13.9. The number of carbonyl (C=O) groups excluding carboxylic acids is 2. The molecule has 1 aliphatic heterocycles. The minimum atomic E-state index is -3.73. The van der Waals surface area contributed by atoms with Crippen LogP contribution >= 0.6 is 0 Å². The first-order chi connectivity index (χ1) is 21.5. The van der Waals surface area contributed by atoms with Crippen molar-refractivity contribution in [3.8, 4) is 28.8 Å². The fraction of sp³-hybridized carbons (Fsp3) is 0.176. The number of aromatic nitrogens is 2. The molecule has 1 aromatic heterocycles. The molecule has 0 spiro atoms. The number of rotatable bonds is 9. The molecule has 0 bridgehead atoms. The van der Waals surface area contributed by atoms with E-state index in [9.17, 15) is 23.3 Å². The lowest BCUT2D eigenvalue weighted by molar-refractivity contribution is -0.140. The molecular formula is C34H31N5O5S. The van der Waals surface area contributed by atoms with Gasteiger partial charge in [-0.2, -0.15) is 10.4 Å². The molecule has 0 saturated carbocycles. The molecular weight excluding hydrogens is 590 g/mol. The number of hydrogen-bond acceptors (Lipinski definition) is 7. The van der Waals surface area contributed by atoms with Gasteiger partial charge in [0, 0.05) is 43.5 Å². The van der Waals surface area contributed by atoms with E-state index in [2.05, 4.69) is 0 Å². The Kier molecular flexibility index (Phi) is 8.81. The van der Waals surface area contributed by atoms with Crippen LogP contribution in [0.3, 0.4) is 0 Å². The van der Waals surface area contributed by atoms with Crippen molar-refractivity contribution in [3.05, 3.63) is 113 Å². The normalized spacial score (nSPS) is 14.8. The number of carbonyl (C=O) groups is 2. The highest BCUT2D eigenvalue weighted by atomic mass is 32.2. The summed E-state index contributed by atoms with van der Waals surface area (Å²) < 4.78 is 33.8. The molecule has 2 heterocycles. The summed E-state index contributed by atoms with van der Waals surface area (Å²) in [6.45, 7) is 1.65. The van der Waals surface area contributed by atoms with Gasteiger partial charge >= 0.3 is 0 Å². The molecule has 5 rings (SSSR count). The van der Waals surface area contributed by atoms with Crippen LogP contribution in [0.4, 0.5) is 0 Å². The second-order valence-corrected chi connectivity index (χ2v) is 12.7. The topological polar surface area (TPSA) is 126 Å². The molecule has 0 unspecified atom stereocenters. The molecule has 1 aliphatic rings. The number of benzene rings is 3. The average molecular weight is 622 g/mol. The van der Waals surface area contributed by atoms with Gasteiger partial charge < -0.3 is 4.74 Å². The van der Waals surface area contributed by atoms with E-state index in [4.69, 9.17) is 9.84 Å². The molecule has 0 atom stereocenters. The summed E-state index contributed by atoms with van der Waals surface area (Å²) in [5.74, 6) is -0.490. The summed E-state index contributed by atoms with van der Waals surface area (Å²) >= 11 is 0. The number of para-hydroxylation sites is 1. The van der Waals surface area contributed by atoms with Crippen molar-refractivity contribution in [2.75, 3.05) is 27.7 Å². The maximum absolute atomic E-state index is 13.9. The molecule has 3 aromatic carbocycles. The van der Waals surface area contributed by atoms with Crippen molar-refractivity contribution in [3.63, 3.8) is 0 Å². The predicted molar refractivity (Wildman–Crippen MR) is 170 cm³/mol. The number of nitrogens with zero attached hydrogens (tertiary/aromatic N) is 5. The largest absolute Gasteiger partial charge is 0.497 e. The number of nitriles is 1. The van der Waals surface area contributed by atoms with Crippen molar-refractivity contribution >= 4 is 27.9 Å². The molecule has 10 nitrogen and oxygen atoms in total. The minimum Gasteiger partial charge on any atom is -0.497 e. The summed E-state index contributed by atoms with van der Waals surface area (Å²) in [6.07, 6.45) is 3.73. The fourth-order valence-electron chi connectivity index (χ4n) is 4.97. The second kappa shape index (κ2) is 12.7. The van der Waals surface area contributed by atoms with Gasteiger partial charge in [0.25, 0.3) is 11.8 Å². The molecule has 0 radical (unpaired) electrons. The van der Waals surface area contributed by atoms with Crippen molar-refractivity contribution in [2.24, 2.45) is 0 Å². The minimum absolute atomic E-state index is 0.0698. The Bertz CT molecular complexity index is 1990. The van der Waals surface area contributed by atoms with E-state index in [0.717, 1.165) is 20.5 Å². The van der Waals surface area contributed by atoms with Crippen LogP contribution in [0.1, 0.15) is 18.1 Å². The van der Waals surface area contributed by atoms with Crippen LogP contribution < -0.4 is 4.74 Å². The lowest BCUT2D eigenvalue weighted by Crippen LogP contribution is -2.43. The van der Waals surface area contributed by atoms with E-state index < -0.39 is 21.8 Å². The standard InChI is InChI=1S/C34H31N5O5S/c1-23-30(33(40)38(34(41)31(23)21-35)18-17-24-13-15-28(44-4)16-14-24)20-26-22-39(27-10-6-5-7-11-27)36-32(26)25-9-8-12-29(19-25)45(42,43)37(2)3/h5-16,19-20,22H,17-18H2,1-4H3/b30-20+. The van der Waals surface area contributed by atoms with Crippen molar-refractivity contribution < 1.29 is 22.7 Å². The molecule has 0 fully saturated rings. The van der Waals surface area contributed by atoms with E-state index in [-0.39, 0.29) is 28.2 Å². The molecule has 0 N–H and O–H groups in total. The van der Waals surface area contributed by atoms with Gasteiger partial charge in [-0.25, -0.2) is 17.4 Å². The Morgan fingerprint density at radius 1 is 0.978 bits per heavy atom. The Hall–Kier alpha value is -5.31. The molecule has 11 heteroatoms. The van der Waals surface area contributed by atoms with Gasteiger partial charge in [-0.15, -0.1) is 0 Å². The zero-order valence-corrected chi connectivity index (χ0v) is 26.1. The van der Waals surface area contributed by atoms with Crippen LogP contribution in [0.5, 0.6) is 5.75 Å². The van der Waals surface area contributed by atoms with E-state index in [1.54, 1.807) is 55.3 Å². The predicted octanol–water partition coefficient (Wildman–Crippen LogP) is 4.63. The van der Waals surface area contributed by atoms with Gasteiger partial charge in [0.05, 0.1) is 17.7 Å². The second-order valence-electron chi connectivity index (χ2n) is 10.6. The number of hydrogen-bond donors (Lipinski definition) is 0. The molecule has 228 valence electrons. The van der Waals surface area contributed by atoms with Crippen LogP contribution in [0.25, 0.3) is 23.0 Å². The lowest BCUT2D eigenvalue weighted by atomic mass is 9.93. The summed E-state index contributed by atoms with van der Waals surface area (Å²) in [7, 11) is 0.757. The van der Waals surface area contributed by atoms with E-state index in [1.807, 2.05) is 48.5 Å². The Balaban J connectivity index is 1.61. The maximum Gasteiger partial charge on any atom is 0.271 e. The average Bonchev–Trinajstić information content (AvgIpc) is 3.48. The monoisotopic (exact) mass is 621 g/mol. The van der Waals surface area contributed by atoms with Crippen molar-refractivity contribution in [1.82, 2.24) is 19.0 Å². The van der Waals surface area contributed by atoms with Crippen LogP contribution in [0, 0.1) is 11.3 Å². The Morgan fingerprint density at radius 2 is 1.69 bits per heavy atom. The van der Waals surface area contributed by atoms with Crippen LogP contribution in [-0.4, -0.2) is 67.0 Å². The number of amides is 2. The van der Waals surface area contributed by atoms with Crippen LogP contribution in [0.2, 0.25) is 0 Å². The number of sulfonamides is 1. The number of imide groups is 1. The van der Waals surface area contributed by atoms with Crippen LogP contribution in [-0.2, 0) is 26.0 Å². The summed E-state index contributed by atoms with van der Waals surface area (Å²) in [4.78, 5) is 28.3. The summed E-state index contributed by atoms with van der Waals surface area (Å²) in [5, 5.41) is 14.7. The highest BCUT2D eigenvalue weighted by molar-refractivity contribution is 7.89. The number of methoxy groups -OCH3 is 1. The third-order valence-electron chi connectivity index (χ3n) is 7.56. The van der Waals surface area contributed by atoms with Gasteiger partial charge in [0.1, 0.15) is 23.1 Å². The summed E-state index contributed by atoms with van der Waals surface area (Å²) in [5.41, 5.74) is 3.39. The lowest BCUT2D eigenvalue weighted by Gasteiger charge is -2.27. The van der Waals surface area contributed by atoms with Gasteiger partial charge in [-0.1, -0.05) is 42.5 Å². The third kappa shape index (κ3) is 6.20. The zero-order valence-electron chi connectivity index (χ0n) is 25.3. The van der Waals surface area contributed by atoms with Crippen molar-refractivity contribution in [1.29, 1.82) is 5.26 Å². The quantitative estimate of drug-likeness (QED) is 0.197. The highest BCUT2D eigenvalue weighted by Gasteiger charge is 2.35. The van der Waals surface area contributed by atoms with Gasteiger partial charge in [-0.3, -0.25) is 14.5 Å². The first-order valence-electron chi connectivity index (χ1n) is 14.1. The first-order valence-corrected chi connectivity index (χ1v) is 15.5. The Labute approximate surface area is 262 Å². The smallest absolute Gasteiger partial charge is 0.271 e.